The van der Waals surface area contributed by atoms with Crippen LogP contribution in [0.25, 0.3) is 22.5 Å². The van der Waals surface area contributed by atoms with Crippen molar-refractivity contribution in [3.63, 3.8) is 0 Å². The fourth-order valence-electron chi connectivity index (χ4n) is 3.55. The van der Waals surface area contributed by atoms with Crippen molar-refractivity contribution < 1.29 is 9.53 Å². The summed E-state index contributed by atoms with van der Waals surface area (Å²) in [5.41, 5.74) is 6.39. The maximum absolute atomic E-state index is 13.0. The number of nitrogens with one attached hydrogen (secondary N) is 1. The van der Waals surface area contributed by atoms with Crippen LogP contribution in [0.3, 0.4) is 0 Å². The van der Waals surface area contributed by atoms with Crippen LogP contribution in [0.1, 0.15) is 24.5 Å². The molecule has 1 N–H and O–H groups in total. The molecule has 0 saturated heterocycles. The number of hydrogen-bond donors (Lipinski definition) is 1. The quantitative estimate of drug-likeness (QED) is 0.294. The highest BCUT2D eigenvalue weighted by Crippen LogP contribution is 2.32. The number of amides is 1. The first-order valence-corrected chi connectivity index (χ1v) is 12.3. The molecule has 0 aliphatic carbocycles. The van der Waals surface area contributed by atoms with Crippen molar-refractivity contribution in [1.29, 1.82) is 0 Å². The highest BCUT2D eigenvalue weighted by atomic mass is 32.2. The molecule has 0 unspecified atom stereocenters. The average molecular weight is 485 g/mol. The zero-order valence-electron chi connectivity index (χ0n) is 20.3. The van der Waals surface area contributed by atoms with Crippen molar-refractivity contribution in [3.8, 4) is 28.3 Å². The van der Waals surface area contributed by atoms with Crippen LogP contribution in [-0.4, -0.2) is 33.4 Å². The van der Waals surface area contributed by atoms with Gasteiger partial charge in [-0.15, -0.1) is 10.2 Å². The Labute approximate surface area is 210 Å². The molecule has 0 bridgehead atoms. The smallest absolute Gasteiger partial charge is 0.237 e. The van der Waals surface area contributed by atoms with Gasteiger partial charge in [-0.3, -0.25) is 4.79 Å². The third kappa shape index (κ3) is 6.05. The number of thioether (sulfide) groups is 1. The van der Waals surface area contributed by atoms with Gasteiger partial charge in [-0.25, -0.2) is 4.98 Å². The lowest BCUT2D eigenvalue weighted by Crippen LogP contribution is -2.25. The predicted octanol–water partition coefficient (Wildman–Crippen LogP) is 6.34. The molecule has 0 saturated carbocycles. The second-order valence-corrected chi connectivity index (χ2v) is 9.43. The van der Waals surface area contributed by atoms with Crippen molar-refractivity contribution in [2.75, 3.05) is 12.4 Å². The van der Waals surface area contributed by atoms with Crippen LogP contribution in [0.5, 0.6) is 5.75 Å². The zero-order chi connectivity index (χ0) is 24.8. The van der Waals surface area contributed by atoms with Gasteiger partial charge < -0.3 is 10.1 Å². The zero-order valence-corrected chi connectivity index (χ0v) is 21.1. The fraction of sp³-hybridized carbons (Fsp3) is 0.214. The Kier molecular flexibility index (Phi) is 7.77. The first-order chi connectivity index (χ1) is 17.0. The number of aromatic nitrogens is 3. The first-order valence-electron chi connectivity index (χ1n) is 11.5. The minimum Gasteiger partial charge on any atom is -0.497 e. The van der Waals surface area contributed by atoms with E-state index < -0.39 is 0 Å². The number of anilines is 1. The Morgan fingerprint density at radius 2 is 1.54 bits per heavy atom. The lowest BCUT2D eigenvalue weighted by atomic mass is 10.0. The summed E-state index contributed by atoms with van der Waals surface area (Å²) in [5.74, 6) is 0.569. The van der Waals surface area contributed by atoms with Crippen molar-refractivity contribution >= 4 is 23.4 Å². The fourth-order valence-corrected chi connectivity index (χ4v) is 4.37. The number of rotatable bonds is 8. The van der Waals surface area contributed by atoms with Crippen molar-refractivity contribution in [2.24, 2.45) is 0 Å². The Bertz CT molecular complexity index is 1310. The summed E-state index contributed by atoms with van der Waals surface area (Å²) in [6.07, 6.45) is 0.614. The number of aryl methyl sites for hydroxylation is 2. The van der Waals surface area contributed by atoms with Gasteiger partial charge in [0.1, 0.15) is 17.1 Å². The highest BCUT2D eigenvalue weighted by Gasteiger charge is 2.22. The van der Waals surface area contributed by atoms with Gasteiger partial charge in [0.05, 0.1) is 12.4 Å². The number of nitrogens with zero attached hydrogens (tertiary/aromatic N) is 3. The highest BCUT2D eigenvalue weighted by molar-refractivity contribution is 8.00. The molecule has 0 aliphatic rings. The van der Waals surface area contributed by atoms with E-state index in [2.05, 4.69) is 53.6 Å². The number of carbonyl (C=O) groups is 1. The number of ether oxygens (including phenoxy) is 1. The van der Waals surface area contributed by atoms with E-state index in [1.165, 1.54) is 22.9 Å². The number of carbonyl (C=O) groups excluding carboxylic acids is 1. The minimum atomic E-state index is -0.376. The molecule has 0 aliphatic heterocycles. The molecular formula is C28H28N4O2S. The van der Waals surface area contributed by atoms with Crippen LogP contribution in [0, 0.1) is 13.8 Å². The standard InChI is InChI=1S/C28H28N4O2S/c1-5-24(27(33)29-22-7-6-8-23(17-22)34-4)35-28-30-25(20-13-9-18(2)10-14-20)26(31-32-28)21-15-11-19(3)12-16-21/h6-17,24H,5H2,1-4H3,(H,29,33)/t24-/m0/s1. The van der Waals surface area contributed by atoms with E-state index in [1.54, 1.807) is 13.2 Å². The average Bonchev–Trinajstić information content (AvgIpc) is 2.88. The SMILES string of the molecule is CC[C@H](Sc1nnc(-c2ccc(C)cc2)c(-c2ccc(C)cc2)n1)C(=O)Nc1cccc(OC)c1. The molecule has 7 heteroatoms. The molecule has 4 aromatic rings. The van der Waals surface area contributed by atoms with Gasteiger partial charge in [0.2, 0.25) is 11.1 Å². The van der Waals surface area contributed by atoms with E-state index in [-0.39, 0.29) is 11.2 Å². The third-order valence-electron chi connectivity index (χ3n) is 5.57. The maximum Gasteiger partial charge on any atom is 0.237 e. The van der Waals surface area contributed by atoms with Crippen molar-refractivity contribution in [3.05, 3.63) is 83.9 Å². The summed E-state index contributed by atoms with van der Waals surface area (Å²) in [5, 5.41) is 12.0. The molecule has 1 amide bonds. The number of benzene rings is 3. The van der Waals surface area contributed by atoms with Gasteiger partial charge in [-0.05, 0) is 32.4 Å². The molecule has 4 rings (SSSR count). The second-order valence-electron chi connectivity index (χ2n) is 8.26. The maximum atomic E-state index is 13.0. The summed E-state index contributed by atoms with van der Waals surface area (Å²) in [7, 11) is 1.60. The topological polar surface area (TPSA) is 77.0 Å². The van der Waals surface area contributed by atoms with Crippen LogP contribution < -0.4 is 10.1 Å². The third-order valence-corrected chi connectivity index (χ3v) is 6.78. The number of methoxy groups -OCH3 is 1. The first kappa shape index (κ1) is 24.4. The van der Waals surface area contributed by atoms with E-state index in [9.17, 15) is 4.79 Å². The van der Waals surface area contributed by atoms with Gasteiger partial charge in [0.25, 0.3) is 0 Å². The van der Waals surface area contributed by atoms with Crippen LogP contribution in [0.2, 0.25) is 0 Å². The molecule has 178 valence electrons. The van der Waals surface area contributed by atoms with Crippen molar-refractivity contribution in [1.82, 2.24) is 15.2 Å². The van der Waals surface area contributed by atoms with Crippen molar-refractivity contribution in [2.45, 2.75) is 37.6 Å². The predicted molar refractivity (Wildman–Crippen MR) is 142 cm³/mol. The molecule has 1 aromatic heterocycles. The van der Waals surface area contributed by atoms with Crippen LogP contribution in [-0.2, 0) is 4.79 Å². The van der Waals surface area contributed by atoms with Crippen LogP contribution >= 0.6 is 11.8 Å². The lowest BCUT2D eigenvalue weighted by molar-refractivity contribution is -0.115. The number of hydrogen-bond acceptors (Lipinski definition) is 6. The van der Waals surface area contributed by atoms with E-state index in [1.807, 2.05) is 49.4 Å². The molecule has 1 atom stereocenters. The monoisotopic (exact) mass is 484 g/mol. The molecule has 0 fully saturated rings. The van der Waals surface area contributed by atoms with Gasteiger partial charge in [0.15, 0.2) is 0 Å². The summed E-state index contributed by atoms with van der Waals surface area (Å²) in [6, 6.07) is 23.7. The van der Waals surface area contributed by atoms with Gasteiger partial charge in [0, 0.05) is 22.9 Å². The minimum absolute atomic E-state index is 0.117. The Balaban J connectivity index is 1.63. The molecule has 0 radical (unpaired) electrons. The summed E-state index contributed by atoms with van der Waals surface area (Å²) in [6.45, 7) is 6.07. The summed E-state index contributed by atoms with van der Waals surface area (Å²) < 4.78 is 5.25. The summed E-state index contributed by atoms with van der Waals surface area (Å²) >= 11 is 1.32. The molecule has 0 spiro atoms. The molecule has 1 heterocycles. The van der Waals surface area contributed by atoms with Crippen LogP contribution in [0.15, 0.2) is 78.0 Å². The lowest BCUT2D eigenvalue weighted by Gasteiger charge is -2.15. The van der Waals surface area contributed by atoms with Gasteiger partial charge >= 0.3 is 0 Å². The van der Waals surface area contributed by atoms with Crippen LogP contribution in [0.4, 0.5) is 5.69 Å². The van der Waals surface area contributed by atoms with Gasteiger partial charge in [-0.1, -0.05) is 84.4 Å². The second kappa shape index (κ2) is 11.1. The van der Waals surface area contributed by atoms with E-state index >= 15 is 0 Å². The summed E-state index contributed by atoms with van der Waals surface area (Å²) in [4.78, 5) is 17.9. The molecule has 35 heavy (non-hydrogen) atoms. The van der Waals surface area contributed by atoms with E-state index in [4.69, 9.17) is 9.72 Å². The largest absolute Gasteiger partial charge is 0.497 e. The Morgan fingerprint density at radius 3 is 2.14 bits per heavy atom. The van der Waals surface area contributed by atoms with Gasteiger partial charge in [-0.2, -0.15) is 0 Å². The Hall–Kier alpha value is -3.71. The van der Waals surface area contributed by atoms with E-state index in [0.29, 0.717) is 28.7 Å². The Morgan fingerprint density at radius 1 is 0.914 bits per heavy atom. The molecule has 6 nitrogen and oxygen atoms in total. The normalized spacial score (nSPS) is 11.7. The molecular weight excluding hydrogens is 456 g/mol. The van der Waals surface area contributed by atoms with E-state index in [0.717, 1.165) is 16.8 Å². The molecule has 3 aromatic carbocycles.